The summed E-state index contributed by atoms with van der Waals surface area (Å²) in [6, 6.07) is 11.5. The van der Waals surface area contributed by atoms with Gasteiger partial charge in [0.1, 0.15) is 11.5 Å². The zero-order valence-corrected chi connectivity index (χ0v) is 12.0. The summed E-state index contributed by atoms with van der Waals surface area (Å²) in [5.41, 5.74) is 1.03. The molecule has 5 nitrogen and oxygen atoms in total. The molecule has 0 aliphatic heterocycles. The Balaban J connectivity index is 1.64. The average Bonchev–Trinajstić information content (AvgIpc) is 3.27. The summed E-state index contributed by atoms with van der Waals surface area (Å²) in [7, 11) is 0. The van der Waals surface area contributed by atoms with Crippen molar-refractivity contribution in [2.24, 2.45) is 0 Å². The Morgan fingerprint density at radius 2 is 2.14 bits per heavy atom. The monoisotopic (exact) mass is 293 g/mol. The first-order valence-electron chi connectivity index (χ1n) is 7.36. The molecule has 3 aromatic rings. The summed E-state index contributed by atoms with van der Waals surface area (Å²) in [4.78, 5) is 23.3. The van der Waals surface area contributed by atoms with Crippen molar-refractivity contribution in [1.29, 1.82) is 0 Å². The second-order valence-corrected chi connectivity index (χ2v) is 5.49. The predicted octanol–water partition coefficient (Wildman–Crippen LogP) is 3.03. The molecule has 1 aliphatic carbocycles. The quantitative estimate of drug-likeness (QED) is 0.742. The molecule has 1 fully saturated rings. The summed E-state index contributed by atoms with van der Waals surface area (Å²) < 4.78 is 5.37. The third kappa shape index (κ3) is 2.45. The molecule has 0 radical (unpaired) electrons. The predicted molar refractivity (Wildman–Crippen MR) is 81.1 cm³/mol. The van der Waals surface area contributed by atoms with E-state index in [1.807, 2.05) is 35.2 Å². The normalized spacial score (nSPS) is 14.2. The van der Waals surface area contributed by atoms with Gasteiger partial charge in [0.15, 0.2) is 5.65 Å². The molecule has 1 aliphatic rings. The highest BCUT2D eigenvalue weighted by molar-refractivity contribution is 5.94. The molecule has 1 amide bonds. The minimum atomic E-state index is -0.0635. The number of rotatable bonds is 4. The summed E-state index contributed by atoms with van der Waals surface area (Å²) in [6.07, 6.45) is 5.39. The molecule has 1 saturated carbocycles. The van der Waals surface area contributed by atoms with E-state index in [4.69, 9.17) is 4.42 Å². The van der Waals surface area contributed by atoms with Crippen molar-refractivity contribution < 1.29 is 9.21 Å². The van der Waals surface area contributed by atoms with Crippen LogP contribution in [0.1, 0.15) is 29.1 Å². The van der Waals surface area contributed by atoms with Gasteiger partial charge in [0.05, 0.1) is 12.8 Å². The van der Waals surface area contributed by atoms with Crippen molar-refractivity contribution >= 4 is 16.9 Å². The molecule has 0 aromatic carbocycles. The lowest BCUT2D eigenvalue weighted by atomic mass is 10.2. The first-order valence-corrected chi connectivity index (χ1v) is 7.36. The van der Waals surface area contributed by atoms with E-state index < -0.39 is 0 Å². The molecule has 0 spiro atoms. The fourth-order valence-electron chi connectivity index (χ4n) is 2.54. The number of carbonyl (C=O) groups is 1. The van der Waals surface area contributed by atoms with Gasteiger partial charge in [0.25, 0.3) is 5.91 Å². The van der Waals surface area contributed by atoms with Gasteiger partial charge in [-0.1, -0.05) is 0 Å². The molecule has 4 rings (SSSR count). The summed E-state index contributed by atoms with van der Waals surface area (Å²) in [5.74, 6) is 0.727. The highest BCUT2D eigenvalue weighted by atomic mass is 16.3. The molecule has 5 heteroatoms. The summed E-state index contributed by atoms with van der Waals surface area (Å²) in [5, 5.41) is 0.933. The maximum Gasteiger partial charge on any atom is 0.273 e. The van der Waals surface area contributed by atoms with Crippen LogP contribution in [0.15, 0.2) is 53.3 Å². The molecule has 0 unspecified atom stereocenters. The lowest BCUT2D eigenvalue weighted by Crippen LogP contribution is -2.33. The van der Waals surface area contributed by atoms with Crippen LogP contribution in [0.5, 0.6) is 0 Å². The van der Waals surface area contributed by atoms with Crippen molar-refractivity contribution in [3.05, 3.63) is 60.3 Å². The van der Waals surface area contributed by atoms with Gasteiger partial charge in [-0.15, -0.1) is 0 Å². The van der Waals surface area contributed by atoms with Crippen LogP contribution in [0, 0.1) is 0 Å². The molecule has 0 atom stereocenters. The Morgan fingerprint density at radius 3 is 2.91 bits per heavy atom. The Bertz CT molecular complexity index is 810. The fraction of sp³-hybridized carbons (Fsp3) is 0.235. The van der Waals surface area contributed by atoms with E-state index in [1.165, 1.54) is 0 Å². The number of pyridine rings is 2. The number of aromatic nitrogens is 2. The van der Waals surface area contributed by atoms with Gasteiger partial charge in [0.2, 0.25) is 0 Å². The zero-order chi connectivity index (χ0) is 14.9. The maximum absolute atomic E-state index is 12.8. The first-order chi connectivity index (χ1) is 10.8. The van der Waals surface area contributed by atoms with Crippen LogP contribution in [0.4, 0.5) is 0 Å². The number of fused-ring (bicyclic) bond motifs is 1. The van der Waals surface area contributed by atoms with E-state index in [1.54, 1.807) is 18.5 Å². The highest BCUT2D eigenvalue weighted by Crippen LogP contribution is 2.29. The van der Waals surface area contributed by atoms with E-state index >= 15 is 0 Å². The maximum atomic E-state index is 12.8. The van der Waals surface area contributed by atoms with Crippen LogP contribution in [0.25, 0.3) is 11.0 Å². The van der Waals surface area contributed by atoms with E-state index in [2.05, 4.69) is 9.97 Å². The molecular weight excluding hydrogens is 278 g/mol. The number of carbonyl (C=O) groups excluding carboxylic acids is 1. The lowest BCUT2D eigenvalue weighted by molar-refractivity contribution is 0.0712. The largest absolute Gasteiger partial charge is 0.467 e. The minimum absolute atomic E-state index is 0.0635. The van der Waals surface area contributed by atoms with Gasteiger partial charge in [-0.05, 0) is 49.2 Å². The highest BCUT2D eigenvalue weighted by Gasteiger charge is 2.34. The molecule has 3 aromatic heterocycles. The topological polar surface area (TPSA) is 59.2 Å². The smallest absolute Gasteiger partial charge is 0.273 e. The van der Waals surface area contributed by atoms with E-state index in [-0.39, 0.29) is 5.91 Å². The van der Waals surface area contributed by atoms with Crippen LogP contribution in [-0.4, -0.2) is 26.8 Å². The van der Waals surface area contributed by atoms with Gasteiger partial charge < -0.3 is 9.32 Å². The molecule has 0 bridgehead atoms. The third-order valence-electron chi connectivity index (χ3n) is 3.84. The van der Waals surface area contributed by atoms with Crippen LogP contribution in [0.2, 0.25) is 0 Å². The first kappa shape index (κ1) is 13.0. The Labute approximate surface area is 127 Å². The van der Waals surface area contributed by atoms with E-state index in [0.717, 1.165) is 24.0 Å². The molecule has 0 N–H and O–H groups in total. The van der Waals surface area contributed by atoms with Crippen LogP contribution in [0.3, 0.4) is 0 Å². The van der Waals surface area contributed by atoms with E-state index in [0.29, 0.717) is 23.9 Å². The second kappa shape index (κ2) is 5.26. The number of amides is 1. The summed E-state index contributed by atoms with van der Waals surface area (Å²) >= 11 is 0. The standard InChI is InChI=1S/C17H15N3O2/c21-17(15-8-5-12-3-1-9-18-16(12)19-15)20(13-6-7-13)11-14-4-2-10-22-14/h1-5,8-10,13H,6-7,11H2. The van der Waals surface area contributed by atoms with Crippen LogP contribution < -0.4 is 0 Å². The zero-order valence-electron chi connectivity index (χ0n) is 12.0. The molecule has 22 heavy (non-hydrogen) atoms. The molecule has 110 valence electrons. The average molecular weight is 293 g/mol. The van der Waals surface area contributed by atoms with Crippen molar-refractivity contribution in [3.63, 3.8) is 0 Å². The van der Waals surface area contributed by atoms with Crippen molar-refractivity contribution in [2.75, 3.05) is 0 Å². The molecule has 3 heterocycles. The molecular formula is C17H15N3O2. The van der Waals surface area contributed by atoms with Crippen LogP contribution >= 0.6 is 0 Å². The van der Waals surface area contributed by atoms with Crippen LogP contribution in [-0.2, 0) is 6.54 Å². The number of hydrogen-bond acceptors (Lipinski definition) is 4. The number of furan rings is 1. The van der Waals surface area contributed by atoms with Gasteiger partial charge in [0, 0.05) is 17.6 Å². The minimum Gasteiger partial charge on any atom is -0.467 e. The van der Waals surface area contributed by atoms with Gasteiger partial charge >= 0.3 is 0 Å². The van der Waals surface area contributed by atoms with Crippen molar-refractivity contribution in [2.45, 2.75) is 25.4 Å². The van der Waals surface area contributed by atoms with Gasteiger partial charge in [-0.3, -0.25) is 4.79 Å². The third-order valence-corrected chi connectivity index (χ3v) is 3.84. The fourth-order valence-corrected chi connectivity index (χ4v) is 2.54. The number of hydrogen-bond donors (Lipinski definition) is 0. The SMILES string of the molecule is O=C(c1ccc2cccnc2n1)N(Cc1ccco1)C1CC1. The Hall–Kier alpha value is -2.69. The summed E-state index contributed by atoms with van der Waals surface area (Å²) in [6.45, 7) is 0.485. The van der Waals surface area contributed by atoms with Crippen molar-refractivity contribution in [3.8, 4) is 0 Å². The molecule has 0 saturated heterocycles. The second-order valence-electron chi connectivity index (χ2n) is 5.49. The van der Waals surface area contributed by atoms with Gasteiger partial charge in [-0.25, -0.2) is 9.97 Å². The van der Waals surface area contributed by atoms with Gasteiger partial charge in [-0.2, -0.15) is 0 Å². The lowest BCUT2D eigenvalue weighted by Gasteiger charge is -2.20. The Kier molecular flexibility index (Phi) is 3.11. The Morgan fingerprint density at radius 1 is 1.23 bits per heavy atom. The van der Waals surface area contributed by atoms with E-state index in [9.17, 15) is 4.79 Å². The van der Waals surface area contributed by atoms with Crippen molar-refractivity contribution in [1.82, 2.24) is 14.9 Å². The number of nitrogens with zero attached hydrogens (tertiary/aromatic N) is 3.